The van der Waals surface area contributed by atoms with Crippen LogP contribution in [-0.2, 0) is 24.4 Å². The third kappa shape index (κ3) is 4.21. The molecule has 0 bridgehead atoms. The molecule has 2 aromatic heterocycles. The second kappa shape index (κ2) is 8.83. The highest BCUT2D eigenvalue weighted by molar-refractivity contribution is 6.00. The van der Waals surface area contributed by atoms with E-state index in [1.54, 1.807) is 55.5 Å². The number of furan rings is 1. The molecule has 0 spiro atoms. The van der Waals surface area contributed by atoms with E-state index in [1.807, 2.05) is 0 Å². The number of amides is 2. The highest BCUT2D eigenvalue weighted by Gasteiger charge is 2.48. The van der Waals surface area contributed by atoms with Gasteiger partial charge in [-0.2, -0.15) is 5.10 Å². The van der Waals surface area contributed by atoms with Crippen molar-refractivity contribution in [3.8, 4) is 11.5 Å². The van der Waals surface area contributed by atoms with Gasteiger partial charge < -0.3 is 14.6 Å². The van der Waals surface area contributed by atoms with E-state index in [0.29, 0.717) is 17.0 Å². The van der Waals surface area contributed by atoms with Crippen molar-refractivity contribution in [3.63, 3.8) is 0 Å². The molecule has 0 saturated heterocycles. The first-order chi connectivity index (χ1) is 16.8. The molecule has 7 nitrogen and oxygen atoms in total. The fraction of sp³-hybridized carbons (Fsp3) is 0.192. The van der Waals surface area contributed by atoms with Crippen LogP contribution >= 0.6 is 0 Å². The van der Waals surface area contributed by atoms with E-state index in [1.165, 1.54) is 34.0 Å². The van der Waals surface area contributed by atoms with Gasteiger partial charge in [-0.15, -0.1) is 0 Å². The van der Waals surface area contributed by atoms with E-state index >= 15 is 0 Å². The van der Waals surface area contributed by atoms with E-state index in [9.17, 15) is 18.4 Å². The predicted molar refractivity (Wildman–Crippen MR) is 123 cm³/mol. The van der Waals surface area contributed by atoms with Crippen molar-refractivity contribution in [2.45, 2.75) is 32.1 Å². The Bertz CT molecular complexity index is 1400. The number of rotatable bonds is 6. The van der Waals surface area contributed by atoms with Crippen LogP contribution in [0.25, 0.3) is 11.5 Å². The van der Waals surface area contributed by atoms with Gasteiger partial charge in [0.05, 0.1) is 19.4 Å². The minimum Gasteiger partial charge on any atom is -0.463 e. The SMILES string of the molecule is C[C@@]1(C(=O)NCc2cccc(F)c2)Cn2nc(-c3ccco3)cc2C(=O)N1Cc1ccccc1F. The van der Waals surface area contributed by atoms with Gasteiger partial charge in [-0.05, 0) is 42.8 Å². The molecule has 178 valence electrons. The minimum absolute atomic E-state index is 0.0399. The van der Waals surface area contributed by atoms with E-state index in [0.717, 1.165) is 0 Å². The van der Waals surface area contributed by atoms with Crippen LogP contribution in [0.1, 0.15) is 28.5 Å². The number of carbonyl (C=O) groups excluding carboxylic acids is 2. The Labute approximate surface area is 200 Å². The summed E-state index contributed by atoms with van der Waals surface area (Å²) in [5.41, 5.74) is 0.178. The topological polar surface area (TPSA) is 80.4 Å². The Morgan fingerprint density at radius 1 is 1.11 bits per heavy atom. The average Bonchev–Trinajstić information content (AvgIpc) is 3.51. The molecule has 1 N–H and O–H groups in total. The lowest BCUT2D eigenvalue weighted by Gasteiger charge is -2.43. The lowest BCUT2D eigenvalue weighted by atomic mass is 9.94. The Balaban J connectivity index is 1.50. The van der Waals surface area contributed by atoms with Crippen LogP contribution in [0.3, 0.4) is 0 Å². The number of hydrogen-bond donors (Lipinski definition) is 1. The third-order valence-corrected chi connectivity index (χ3v) is 6.19. The van der Waals surface area contributed by atoms with Crippen LogP contribution in [0.15, 0.2) is 77.4 Å². The largest absolute Gasteiger partial charge is 0.463 e. The normalized spacial score (nSPS) is 17.3. The zero-order valence-corrected chi connectivity index (χ0v) is 18.9. The first kappa shape index (κ1) is 22.5. The van der Waals surface area contributed by atoms with Gasteiger partial charge in [0.25, 0.3) is 5.91 Å². The second-order valence-electron chi connectivity index (χ2n) is 8.62. The summed E-state index contributed by atoms with van der Waals surface area (Å²) in [7, 11) is 0. The monoisotopic (exact) mass is 476 g/mol. The summed E-state index contributed by atoms with van der Waals surface area (Å²) in [4.78, 5) is 28.5. The van der Waals surface area contributed by atoms with Gasteiger partial charge in [0.15, 0.2) is 5.76 Å². The Hall–Kier alpha value is -4.27. The molecule has 0 aliphatic carbocycles. The molecule has 1 aliphatic rings. The molecule has 3 heterocycles. The van der Waals surface area contributed by atoms with Gasteiger partial charge >= 0.3 is 0 Å². The molecule has 4 aromatic rings. The number of aromatic nitrogens is 2. The number of carbonyl (C=O) groups is 2. The molecule has 0 fully saturated rings. The molecule has 0 saturated carbocycles. The number of fused-ring (bicyclic) bond motifs is 1. The zero-order valence-electron chi connectivity index (χ0n) is 18.9. The highest BCUT2D eigenvalue weighted by Crippen LogP contribution is 2.32. The summed E-state index contributed by atoms with van der Waals surface area (Å²) >= 11 is 0. The molecule has 1 atom stereocenters. The van der Waals surface area contributed by atoms with Crippen LogP contribution in [0, 0.1) is 11.6 Å². The molecule has 2 aromatic carbocycles. The Kier molecular flexibility index (Phi) is 5.68. The van der Waals surface area contributed by atoms with Crippen LogP contribution in [-0.4, -0.2) is 32.0 Å². The standard InChI is InChI=1S/C26H22F2N4O3/c1-26(25(34)29-14-17-6-4-8-19(27)12-17)16-32-22(13-21(30-32)23-10-5-11-35-23)24(33)31(26)15-18-7-2-3-9-20(18)28/h2-13H,14-16H2,1H3,(H,29,34)/t26-/m0/s1. The van der Waals surface area contributed by atoms with Gasteiger partial charge in [0.1, 0.15) is 28.6 Å². The number of halogens is 2. The molecule has 35 heavy (non-hydrogen) atoms. The van der Waals surface area contributed by atoms with Crippen molar-refractivity contribution in [1.29, 1.82) is 0 Å². The van der Waals surface area contributed by atoms with Crippen molar-refractivity contribution < 1.29 is 22.8 Å². The zero-order chi connectivity index (χ0) is 24.6. The maximum atomic E-state index is 14.5. The Morgan fingerprint density at radius 3 is 2.69 bits per heavy atom. The fourth-order valence-corrected chi connectivity index (χ4v) is 4.25. The highest BCUT2D eigenvalue weighted by atomic mass is 19.1. The van der Waals surface area contributed by atoms with Crippen LogP contribution < -0.4 is 5.32 Å². The summed E-state index contributed by atoms with van der Waals surface area (Å²) < 4.78 is 35.0. The maximum absolute atomic E-state index is 14.5. The second-order valence-corrected chi connectivity index (χ2v) is 8.62. The van der Waals surface area contributed by atoms with Gasteiger partial charge in [0, 0.05) is 18.2 Å². The summed E-state index contributed by atoms with van der Waals surface area (Å²) in [5.74, 6) is -1.33. The molecular weight excluding hydrogens is 454 g/mol. The molecule has 0 unspecified atom stereocenters. The maximum Gasteiger partial charge on any atom is 0.273 e. The fourth-order valence-electron chi connectivity index (χ4n) is 4.25. The van der Waals surface area contributed by atoms with Gasteiger partial charge in [-0.25, -0.2) is 8.78 Å². The number of nitrogens with zero attached hydrogens (tertiary/aromatic N) is 3. The van der Waals surface area contributed by atoms with Crippen molar-refractivity contribution >= 4 is 11.8 Å². The van der Waals surface area contributed by atoms with Gasteiger partial charge in [-0.1, -0.05) is 30.3 Å². The molecular formula is C26H22F2N4O3. The summed E-state index contributed by atoms with van der Waals surface area (Å²) in [6, 6.07) is 17.0. The first-order valence-corrected chi connectivity index (χ1v) is 11.0. The van der Waals surface area contributed by atoms with Crippen molar-refractivity contribution in [2.75, 3.05) is 0 Å². The molecule has 1 aliphatic heterocycles. The smallest absolute Gasteiger partial charge is 0.273 e. The number of hydrogen-bond acceptors (Lipinski definition) is 4. The van der Waals surface area contributed by atoms with Gasteiger partial charge in [-0.3, -0.25) is 14.3 Å². The molecule has 0 radical (unpaired) electrons. The van der Waals surface area contributed by atoms with E-state index < -0.39 is 29.0 Å². The predicted octanol–water partition coefficient (Wildman–Crippen LogP) is 4.15. The van der Waals surface area contributed by atoms with E-state index in [-0.39, 0.29) is 30.9 Å². The lowest BCUT2D eigenvalue weighted by molar-refractivity contribution is -0.133. The molecule has 5 rings (SSSR count). The van der Waals surface area contributed by atoms with Crippen LogP contribution in [0.2, 0.25) is 0 Å². The number of nitrogens with one attached hydrogen (secondary N) is 1. The summed E-state index contributed by atoms with van der Waals surface area (Å²) in [5, 5.41) is 7.28. The van der Waals surface area contributed by atoms with E-state index in [2.05, 4.69) is 10.4 Å². The van der Waals surface area contributed by atoms with Crippen molar-refractivity contribution in [1.82, 2.24) is 20.0 Å². The van der Waals surface area contributed by atoms with E-state index in [4.69, 9.17) is 4.42 Å². The summed E-state index contributed by atoms with van der Waals surface area (Å²) in [6.07, 6.45) is 1.50. The van der Waals surface area contributed by atoms with Crippen LogP contribution in [0.5, 0.6) is 0 Å². The van der Waals surface area contributed by atoms with Gasteiger partial charge in [0.2, 0.25) is 5.91 Å². The molecule has 9 heteroatoms. The van der Waals surface area contributed by atoms with Crippen molar-refractivity contribution in [2.24, 2.45) is 0 Å². The number of benzene rings is 2. The van der Waals surface area contributed by atoms with Crippen molar-refractivity contribution in [3.05, 3.63) is 101 Å². The Morgan fingerprint density at radius 2 is 1.94 bits per heavy atom. The quantitative estimate of drug-likeness (QED) is 0.453. The molecule has 2 amide bonds. The lowest BCUT2D eigenvalue weighted by Crippen LogP contribution is -2.63. The first-order valence-electron chi connectivity index (χ1n) is 11.0. The summed E-state index contributed by atoms with van der Waals surface area (Å²) in [6.45, 7) is 1.61. The average molecular weight is 476 g/mol. The minimum atomic E-state index is -1.40. The third-order valence-electron chi connectivity index (χ3n) is 6.19. The van der Waals surface area contributed by atoms with Crippen LogP contribution in [0.4, 0.5) is 8.78 Å².